The van der Waals surface area contributed by atoms with Gasteiger partial charge >= 0.3 is 5.97 Å². The van der Waals surface area contributed by atoms with Gasteiger partial charge in [0.1, 0.15) is 11.5 Å². The summed E-state index contributed by atoms with van der Waals surface area (Å²) in [4.78, 5) is 27.3. The van der Waals surface area contributed by atoms with Gasteiger partial charge in [0.2, 0.25) is 0 Å². The third kappa shape index (κ3) is 4.16. The van der Waals surface area contributed by atoms with Crippen LogP contribution in [0.4, 0.5) is 5.69 Å². The van der Waals surface area contributed by atoms with E-state index in [1.807, 2.05) is 6.92 Å². The second-order valence-electron chi connectivity index (χ2n) is 6.40. The number of anilines is 1. The first-order chi connectivity index (χ1) is 14.0. The number of phenolic OH excluding ortho intramolecular Hbond substituents is 1. The first kappa shape index (κ1) is 20.2. The zero-order chi connectivity index (χ0) is 21.0. The van der Waals surface area contributed by atoms with Crippen LogP contribution in [0.3, 0.4) is 0 Å². The summed E-state index contributed by atoms with van der Waals surface area (Å²) in [5, 5.41) is 9.72. The van der Waals surface area contributed by atoms with E-state index in [9.17, 15) is 14.7 Å². The monoisotopic (exact) mass is 393 g/mol. The molecule has 0 atom stereocenters. The molecule has 0 aliphatic carbocycles. The summed E-state index contributed by atoms with van der Waals surface area (Å²) in [6.45, 7) is 6.07. The molecule has 0 fully saturated rings. The minimum absolute atomic E-state index is 0.0755. The van der Waals surface area contributed by atoms with Crippen molar-refractivity contribution in [3.8, 4) is 11.5 Å². The van der Waals surface area contributed by atoms with Gasteiger partial charge in [-0.2, -0.15) is 0 Å². The molecular weight excluding hydrogens is 370 g/mol. The molecule has 0 saturated carbocycles. The second kappa shape index (κ2) is 8.65. The van der Waals surface area contributed by atoms with Gasteiger partial charge in [-0.25, -0.2) is 4.79 Å². The minimum Gasteiger partial charge on any atom is -0.508 e. The zero-order valence-electron chi connectivity index (χ0n) is 16.6. The summed E-state index contributed by atoms with van der Waals surface area (Å²) >= 11 is 0. The van der Waals surface area contributed by atoms with Gasteiger partial charge in [0.05, 0.1) is 24.4 Å². The molecule has 6 nitrogen and oxygen atoms in total. The smallest absolute Gasteiger partial charge is 0.340 e. The summed E-state index contributed by atoms with van der Waals surface area (Å²) in [5.41, 5.74) is 2.16. The van der Waals surface area contributed by atoms with E-state index in [2.05, 4.69) is 0 Å². The molecule has 0 radical (unpaired) electrons. The molecule has 3 rings (SSSR count). The van der Waals surface area contributed by atoms with E-state index >= 15 is 0 Å². The summed E-state index contributed by atoms with van der Waals surface area (Å²) in [6, 6.07) is 13.6. The maximum Gasteiger partial charge on any atom is 0.340 e. The molecule has 1 aliphatic heterocycles. The fraction of sp³-hybridized carbons (Fsp3) is 0.217. The summed E-state index contributed by atoms with van der Waals surface area (Å²) in [5.74, 6) is -0.117. The molecule has 1 heterocycles. The highest BCUT2D eigenvalue weighted by Crippen LogP contribution is 2.36. The lowest BCUT2D eigenvalue weighted by Crippen LogP contribution is -2.24. The van der Waals surface area contributed by atoms with E-state index in [0.717, 1.165) is 0 Å². The lowest BCUT2D eigenvalue weighted by Gasteiger charge is -2.18. The average Bonchev–Trinajstić information content (AvgIpc) is 2.93. The Bertz CT molecular complexity index is 989. The van der Waals surface area contributed by atoms with Crippen molar-refractivity contribution in [2.75, 3.05) is 18.1 Å². The van der Waals surface area contributed by atoms with Crippen LogP contribution < -0.4 is 9.64 Å². The molecule has 0 aromatic heterocycles. The number of rotatable bonds is 6. The molecule has 2 aromatic rings. The Morgan fingerprint density at radius 3 is 2.45 bits per heavy atom. The predicted octanol–water partition coefficient (Wildman–Crippen LogP) is 4.06. The van der Waals surface area contributed by atoms with Crippen LogP contribution in [0, 0.1) is 0 Å². The highest BCUT2D eigenvalue weighted by atomic mass is 16.5. The number of ether oxygens (including phenoxy) is 2. The van der Waals surface area contributed by atoms with E-state index in [1.54, 1.807) is 56.3 Å². The lowest BCUT2D eigenvalue weighted by atomic mass is 10.0. The topological polar surface area (TPSA) is 76.1 Å². The Kier molecular flexibility index (Phi) is 6.02. The van der Waals surface area contributed by atoms with Crippen LogP contribution in [0.5, 0.6) is 11.5 Å². The van der Waals surface area contributed by atoms with Crippen LogP contribution in [-0.2, 0) is 14.3 Å². The maximum absolute atomic E-state index is 13.2. The highest BCUT2D eigenvalue weighted by Gasteiger charge is 2.38. The van der Waals surface area contributed by atoms with E-state index in [0.29, 0.717) is 29.3 Å². The number of allylic oxidation sites excluding steroid dienone is 1. The Morgan fingerprint density at radius 2 is 1.83 bits per heavy atom. The van der Waals surface area contributed by atoms with Gasteiger partial charge < -0.3 is 14.6 Å². The van der Waals surface area contributed by atoms with Gasteiger partial charge in [-0.1, -0.05) is 12.1 Å². The third-order valence-corrected chi connectivity index (χ3v) is 4.47. The van der Waals surface area contributed by atoms with Gasteiger partial charge in [-0.05, 0) is 68.8 Å². The molecule has 0 unspecified atom stereocenters. The first-order valence-electron chi connectivity index (χ1n) is 9.42. The molecule has 2 aromatic carbocycles. The molecule has 1 amide bonds. The van der Waals surface area contributed by atoms with Crippen molar-refractivity contribution in [3.63, 3.8) is 0 Å². The van der Waals surface area contributed by atoms with Crippen molar-refractivity contribution in [1.82, 2.24) is 0 Å². The van der Waals surface area contributed by atoms with Crippen molar-refractivity contribution in [2.45, 2.75) is 20.8 Å². The van der Waals surface area contributed by atoms with Crippen LogP contribution in [0.15, 0.2) is 65.4 Å². The van der Waals surface area contributed by atoms with Crippen molar-refractivity contribution in [1.29, 1.82) is 0 Å². The number of aromatic hydroxyl groups is 1. The van der Waals surface area contributed by atoms with Gasteiger partial charge in [-0.3, -0.25) is 9.69 Å². The van der Waals surface area contributed by atoms with Crippen LogP contribution in [0.25, 0.3) is 6.08 Å². The summed E-state index contributed by atoms with van der Waals surface area (Å²) in [6.07, 6.45) is 1.59. The summed E-state index contributed by atoms with van der Waals surface area (Å²) < 4.78 is 10.6. The van der Waals surface area contributed by atoms with E-state index in [1.165, 1.54) is 17.0 Å². The van der Waals surface area contributed by atoms with E-state index in [-0.39, 0.29) is 29.4 Å². The van der Waals surface area contributed by atoms with Crippen molar-refractivity contribution in [3.05, 3.63) is 70.9 Å². The number of benzene rings is 2. The van der Waals surface area contributed by atoms with E-state index < -0.39 is 5.97 Å². The summed E-state index contributed by atoms with van der Waals surface area (Å²) in [7, 11) is 0. The predicted molar refractivity (Wildman–Crippen MR) is 111 cm³/mol. The van der Waals surface area contributed by atoms with Crippen LogP contribution in [-0.4, -0.2) is 30.2 Å². The molecule has 150 valence electrons. The van der Waals surface area contributed by atoms with Gasteiger partial charge in [0.15, 0.2) is 0 Å². The molecular formula is C23H23NO5. The number of amides is 1. The van der Waals surface area contributed by atoms with E-state index in [4.69, 9.17) is 9.47 Å². The van der Waals surface area contributed by atoms with Gasteiger partial charge in [-0.15, -0.1) is 0 Å². The average molecular weight is 393 g/mol. The molecule has 1 aliphatic rings. The maximum atomic E-state index is 13.2. The third-order valence-electron chi connectivity index (χ3n) is 4.47. The standard InChI is InChI=1S/C23H23NO5/c1-4-28-19-11-9-17(10-12-19)24-15(3)21(23(27)29-5-2)20(22(24)26)14-16-7-6-8-18(25)13-16/h6-14,25H,4-5H2,1-3H3/b20-14-. The largest absolute Gasteiger partial charge is 0.508 e. The lowest BCUT2D eigenvalue weighted by molar-refractivity contribution is -0.138. The Morgan fingerprint density at radius 1 is 1.10 bits per heavy atom. The SMILES string of the molecule is CCOC(=O)C1=C(C)N(c2ccc(OCC)cc2)C(=O)/C1=C\c1cccc(O)c1. The fourth-order valence-corrected chi connectivity index (χ4v) is 3.23. The Balaban J connectivity index is 2.07. The van der Waals surface area contributed by atoms with Crippen LogP contribution >= 0.6 is 0 Å². The quantitative estimate of drug-likeness (QED) is 0.592. The normalized spacial score (nSPS) is 15.2. The Labute approximate surface area is 169 Å². The van der Waals surface area contributed by atoms with Crippen LogP contribution in [0.2, 0.25) is 0 Å². The highest BCUT2D eigenvalue weighted by molar-refractivity contribution is 6.23. The first-order valence-corrected chi connectivity index (χ1v) is 9.42. The van der Waals surface area contributed by atoms with Gasteiger partial charge in [0, 0.05) is 11.4 Å². The molecule has 0 bridgehead atoms. The second-order valence-corrected chi connectivity index (χ2v) is 6.40. The molecule has 1 N–H and O–H groups in total. The number of nitrogens with zero attached hydrogens (tertiary/aromatic N) is 1. The number of hydrogen-bond acceptors (Lipinski definition) is 5. The molecule has 29 heavy (non-hydrogen) atoms. The number of hydrogen-bond donors (Lipinski definition) is 1. The van der Waals surface area contributed by atoms with Crippen molar-refractivity contribution in [2.24, 2.45) is 0 Å². The number of carbonyl (C=O) groups excluding carboxylic acids is 2. The van der Waals surface area contributed by atoms with Crippen molar-refractivity contribution < 1.29 is 24.2 Å². The van der Waals surface area contributed by atoms with Crippen molar-refractivity contribution >= 4 is 23.6 Å². The van der Waals surface area contributed by atoms with Gasteiger partial charge in [0.25, 0.3) is 5.91 Å². The number of carbonyl (C=O) groups is 2. The molecule has 6 heteroatoms. The zero-order valence-corrected chi connectivity index (χ0v) is 16.6. The van der Waals surface area contributed by atoms with Crippen LogP contribution in [0.1, 0.15) is 26.3 Å². The molecule has 0 saturated heterocycles. The fourth-order valence-electron chi connectivity index (χ4n) is 3.23. The number of phenols is 1. The minimum atomic E-state index is -0.557. The molecule has 0 spiro atoms. The number of esters is 1. The Hall–Kier alpha value is -3.54.